The molecule has 1 aliphatic heterocycles. The molecule has 0 aromatic carbocycles. The summed E-state index contributed by atoms with van der Waals surface area (Å²) in [7, 11) is 2.04. The van der Waals surface area contributed by atoms with Crippen molar-refractivity contribution in [3.05, 3.63) is 12.2 Å². The van der Waals surface area contributed by atoms with E-state index in [2.05, 4.69) is 22.3 Å². The normalized spacial score (nSPS) is 19.0. The van der Waals surface area contributed by atoms with Gasteiger partial charge in [0.2, 0.25) is 0 Å². The van der Waals surface area contributed by atoms with Gasteiger partial charge in [-0.15, -0.1) is 0 Å². The standard InChI is InChI=1S/C13H24N4O/c1-3-6-17-13(15-10-16-17)9-12(14-2)11-4-7-18-8-5-11/h10-12,14H,3-9H2,1-2H3. The van der Waals surface area contributed by atoms with Crippen molar-refractivity contribution in [1.29, 1.82) is 0 Å². The Labute approximate surface area is 109 Å². The lowest BCUT2D eigenvalue weighted by Crippen LogP contribution is -2.39. The molecular formula is C13H24N4O. The molecule has 0 spiro atoms. The zero-order chi connectivity index (χ0) is 12.8. The van der Waals surface area contributed by atoms with Gasteiger partial charge in [-0.2, -0.15) is 5.10 Å². The zero-order valence-electron chi connectivity index (χ0n) is 11.4. The summed E-state index contributed by atoms with van der Waals surface area (Å²) < 4.78 is 7.46. The molecule has 1 aliphatic rings. The van der Waals surface area contributed by atoms with Gasteiger partial charge in [-0.3, -0.25) is 4.68 Å². The minimum Gasteiger partial charge on any atom is -0.381 e. The lowest BCUT2D eigenvalue weighted by atomic mass is 9.89. The Morgan fingerprint density at radius 3 is 2.94 bits per heavy atom. The molecule has 2 heterocycles. The molecule has 1 unspecified atom stereocenters. The van der Waals surface area contributed by atoms with E-state index in [9.17, 15) is 0 Å². The molecule has 5 nitrogen and oxygen atoms in total. The third kappa shape index (κ3) is 3.29. The highest BCUT2D eigenvalue weighted by Crippen LogP contribution is 2.20. The van der Waals surface area contributed by atoms with Gasteiger partial charge in [0.1, 0.15) is 12.2 Å². The van der Waals surface area contributed by atoms with Crippen LogP contribution in [0.15, 0.2) is 6.33 Å². The minimum atomic E-state index is 0.480. The van der Waals surface area contributed by atoms with Gasteiger partial charge in [0.25, 0.3) is 0 Å². The summed E-state index contributed by atoms with van der Waals surface area (Å²) >= 11 is 0. The smallest absolute Gasteiger partial charge is 0.138 e. The minimum absolute atomic E-state index is 0.480. The largest absolute Gasteiger partial charge is 0.381 e. The molecule has 0 aliphatic carbocycles. The molecule has 0 amide bonds. The molecule has 2 rings (SSSR count). The van der Waals surface area contributed by atoms with E-state index in [1.165, 1.54) is 0 Å². The zero-order valence-corrected chi connectivity index (χ0v) is 11.4. The van der Waals surface area contributed by atoms with Crippen LogP contribution >= 0.6 is 0 Å². The molecule has 102 valence electrons. The molecule has 5 heteroatoms. The van der Waals surface area contributed by atoms with E-state index < -0.39 is 0 Å². The molecule has 1 N–H and O–H groups in total. The molecule has 1 atom stereocenters. The highest BCUT2D eigenvalue weighted by Gasteiger charge is 2.24. The van der Waals surface area contributed by atoms with Crippen molar-refractivity contribution in [3.63, 3.8) is 0 Å². The average molecular weight is 252 g/mol. The van der Waals surface area contributed by atoms with Crippen LogP contribution in [0.25, 0.3) is 0 Å². The molecule has 0 bridgehead atoms. The average Bonchev–Trinajstić information content (AvgIpc) is 2.85. The van der Waals surface area contributed by atoms with Crippen LogP contribution in [0.3, 0.4) is 0 Å². The van der Waals surface area contributed by atoms with Crippen molar-refractivity contribution in [3.8, 4) is 0 Å². The first-order chi connectivity index (χ1) is 8.85. The van der Waals surface area contributed by atoms with E-state index in [0.717, 1.165) is 51.3 Å². The van der Waals surface area contributed by atoms with E-state index in [1.807, 2.05) is 11.7 Å². The SMILES string of the molecule is CCCn1ncnc1CC(NC)C1CCOCC1. The molecule has 0 radical (unpaired) electrons. The van der Waals surface area contributed by atoms with Gasteiger partial charge in [-0.05, 0) is 32.2 Å². The van der Waals surface area contributed by atoms with Crippen LogP contribution in [0.5, 0.6) is 0 Å². The molecule has 18 heavy (non-hydrogen) atoms. The number of nitrogens with zero attached hydrogens (tertiary/aromatic N) is 3. The van der Waals surface area contributed by atoms with Crippen molar-refractivity contribution in [2.75, 3.05) is 20.3 Å². The molecular weight excluding hydrogens is 228 g/mol. The number of aryl methyl sites for hydroxylation is 1. The van der Waals surface area contributed by atoms with Crippen LogP contribution in [-0.2, 0) is 17.7 Å². The summed E-state index contributed by atoms with van der Waals surface area (Å²) in [6.07, 6.45) is 6.02. The van der Waals surface area contributed by atoms with Crippen molar-refractivity contribution in [2.24, 2.45) is 5.92 Å². The van der Waals surface area contributed by atoms with Gasteiger partial charge in [0.15, 0.2) is 0 Å². The quantitative estimate of drug-likeness (QED) is 0.828. The Morgan fingerprint density at radius 2 is 2.28 bits per heavy atom. The fraction of sp³-hybridized carbons (Fsp3) is 0.846. The van der Waals surface area contributed by atoms with Gasteiger partial charge in [-0.25, -0.2) is 4.98 Å². The van der Waals surface area contributed by atoms with Crippen LogP contribution in [0, 0.1) is 5.92 Å². The first kappa shape index (κ1) is 13.5. The van der Waals surface area contributed by atoms with Gasteiger partial charge < -0.3 is 10.1 Å². The van der Waals surface area contributed by atoms with Crippen LogP contribution in [0.4, 0.5) is 0 Å². The fourth-order valence-corrected chi connectivity index (χ4v) is 2.66. The van der Waals surface area contributed by atoms with E-state index in [4.69, 9.17) is 4.74 Å². The van der Waals surface area contributed by atoms with Crippen molar-refractivity contribution in [1.82, 2.24) is 20.1 Å². The number of ether oxygens (including phenoxy) is 1. The summed E-state index contributed by atoms with van der Waals surface area (Å²) in [6.45, 7) is 4.91. The van der Waals surface area contributed by atoms with Gasteiger partial charge in [0.05, 0.1) is 0 Å². The highest BCUT2D eigenvalue weighted by molar-refractivity contribution is 4.92. The maximum atomic E-state index is 5.43. The predicted octanol–water partition coefficient (Wildman–Crippen LogP) is 1.25. The topological polar surface area (TPSA) is 52.0 Å². The second-order valence-electron chi connectivity index (χ2n) is 4.95. The Morgan fingerprint density at radius 1 is 1.50 bits per heavy atom. The number of nitrogens with one attached hydrogen (secondary N) is 1. The van der Waals surface area contributed by atoms with E-state index in [0.29, 0.717) is 12.0 Å². The third-order valence-corrected chi connectivity index (χ3v) is 3.74. The van der Waals surface area contributed by atoms with Crippen molar-refractivity contribution < 1.29 is 4.74 Å². The van der Waals surface area contributed by atoms with Gasteiger partial charge in [0, 0.05) is 32.2 Å². The van der Waals surface area contributed by atoms with Crippen LogP contribution in [-0.4, -0.2) is 41.1 Å². The van der Waals surface area contributed by atoms with Crippen molar-refractivity contribution >= 4 is 0 Å². The number of likely N-dealkylation sites (N-methyl/N-ethyl adjacent to an activating group) is 1. The first-order valence-corrected chi connectivity index (χ1v) is 6.96. The second kappa shape index (κ2) is 6.85. The summed E-state index contributed by atoms with van der Waals surface area (Å²) in [4.78, 5) is 4.40. The lowest BCUT2D eigenvalue weighted by Gasteiger charge is -2.29. The van der Waals surface area contributed by atoms with E-state index in [-0.39, 0.29) is 0 Å². The summed E-state index contributed by atoms with van der Waals surface area (Å²) in [5.74, 6) is 1.79. The number of aromatic nitrogens is 3. The molecule has 0 saturated carbocycles. The molecule has 1 fully saturated rings. The number of hydrogen-bond acceptors (Lipinski definition) is 4. The summed E-state index contributed by atoms with van der Waals surface area (Å²) in [5, 5.41) is 7.73. The van der Waals surface area contributed by atoms with E-state index >= 15 is 0 Å². The second-order valence-corrected chi connectivity index (χ2v) is 4.95. The van der Waals surface area contributed by atoms with Crippen LogP contribution < -0.4 is 5.32 Å². The Kier molecular flexibility index (Phi) is 5.13. The fourth-order valence-electron chi connectivity index (χ4n) is 2.66. The first-order valence-electron chi connectivity index (χ1n) is 6.96. The third-order valence-electron chi connectivity index (χ3n) is 3.74. The number of rotatable bonds is 6. The van der Waals surface area contributed by atoms with Crippen molar-refractivity contribution in [2.45, 2.75) is 45.2 Å². The summed E-state index contributed by atoms with van der Waals surface area (Å²) in [5.41, 5.74) is 0. The molecule has 1 aromatic rings. The van der Waals surface area contributed by atoms with Gasteiger partial charge >= 0.3 is 0 Å². The van der Waals surface area contributed by atoms with E-state index in [1.54, 1.807) is 6.33 Å². The molecule has 1 saturated heterocycles. The maximum absolute atomic E-state index is 5.43. The van der Waals surface area contributed by atoms with Crippen LogP contribution in [0.2, 0.25) is 0 Å². The van der Waals surface area contributed by atoms with Crippen LogP contribution in [0.1, 0.15) is 32.0 Å². The Balaban J connectivity index is 1.98. The lowest BCUT2D eigenvalue weighted by molar-refractivity contribution is 0.0544. The monoisotopic (exact) mass is 252 g/mol. The highest BCUT2D eigenvalue weighted by atomic mass is 16.5. The Hall–Kier alpha value is -0.940. The summed E-state index contributed by atoms with van der Waals surface area (Å²) in [6, 6.07) is 0.480. The maximum Gasteiger partial charge on any atom is 0.138 e. The Bertz CT molecular complexity index is 347. The molecule has 1 aromatic heterocycles. The number of hydrogen-bond donors (Lipinski definition) is 1. The van der Waals surface area contributed by atoms with Gasteiger partial charge in [-0.1, -0.05) is 6.92 Å². The predicted molar refractivity (Wildman–Crippen MR) is 70.4 cm³/mol.